The monoisotopic (exact) mass is 266 g/mol. The van der Waals surface area contributed by atoms with Crippen molar-refractivity contribution in [2.75, 3.05) is 0 Å². The fourth-order valence-corrected chi connectivity index (χ4v) is 2.60. The zero-order valence-corrected chi connectivity index (χ0v) is 11.5. The van der Waals surface area contributed by atoms with E-state index < -0.39 is 0 Å². The molecule has 1 aliphatic rings. The fraction of sp³-hybridized carbons (Fsp3) is 0.294. The first-order chi connectivity index (χ1) is 9.72. The summed E-state index contributed by atoms with van der Waals surface area (Å²) in [5.41, 5.74) is 1.90. The molecule has 1 atom stereocenters. The predicted molar refractivity (Wildman–Crippen MR) is 78.1 cm³/mol. The Morgan fingerprint density at radius 1 is 1.15 bits per heavy atom. The third-order valence-corrected chi connectivity index (χ3v) is 4.06. The van der Waals surface area contributed by atoms with Gasteiger partial charge in [0.15, 0.2) is 0 Å². The van der Waals surface area contributed by atoms with Gasteiger partial charge in [0.1, 0.15) is 0 Å². The van der Waals surface area contributed by atoms with Gasteiger partial charge in [-0.15, -0.1) is 0 Å². The van der Waals surface area contributed by atoms with Crippen molar-refractivity contribution in [1.82, 2.24) is 10.3 Å². The van der Waals surface area contributed by atoms with Crippen LogP contribution in [0.25, 0.3) is 0 Å². The number of carbonyl (C=O) groups is 1. The number of benzene rings is 1. The molecule has 1 unspecified atom stereocenters. The van der Waals surface area contributed by atoms with Gasteiger partial charge in [0.05, 0.1) is 11.5 Å². The van der Waals surface area contributed by atoms with Crippen LogP contribution in [0.2, 0.25) is 0 Å². The van der Waals surface area contributed by atoms with Crippen molar-refractivity contribution in [1.29, 1.82) is 0 Å². The van der Waals surface area contributed by atoms with E-state index in [1.807, 2.05) is 49.4 Å². The summed E-state index contributed by atoms with van der Waals surface area (Å²) in [5.74, 6) is 0.132. The minimum absolute atomic E-state index is 0.00619. The molecule has 0 radical (unpaired) electrons. The lowest BCUT2D eigenvalue weighted by Gasteiger charge is -2.20. The van der Waals surface area contributed by atoms with Crippen molar-refractivity contribution < 1.29 is 4.79 Å². The zero-order chi connectivity index (χ0) is 14.0. The Morgan fingerprint density at radius 3 is 2.40 bits per heavy atom. The lowest BCUT2D eigenvalue weighted by molar-refractivity contribution is -0.124. The van der Waals surface area contributed by atoms with Crippen LogP contribution >= 0.6 is 0 Å². The highest BCUT2D eigenvalue weighted by Crippen LogP contribution is 2.48. The van der Waals surface area contributed by atoms with Gasteiger partial charge < -0.3 is 5.32 Å². The van der Waals surface area contributed by atoms with Crippen LogP contribution in [0.1, 0.15) is 36.9 Å². The van der Waals surface area contributed by atoms with Gasteiger partial charge in [-0.3, -0.25) is 9.78 Å². The molecule has 0 aliphatic heterocycles. The number of hydrogen-bond acceptors (Lipinski definition) is 2. The van der Waals surface area contributed by atoms with E-state index in [9.17, 15) is 4.79 Å². The van der Waals surface area contributed by atoms with Crippen LogP contribution in [0.5, 0.6) is 0 Å². The second-order valence-electron chi connectivity index (χ2n) is 5.42. The Labute approximate surface area is 119 Å². The molecule has 1 aromatic heterocycles. The first kappa shape index (κ1) is 12.9. The summed E-state index contributed by atoms with van der Waals surface area (Å²) in [7, 11) is 0. The summed E-state index contributed by atoms with van der Waals surface area (Å²) in [6.45, 7) is 2.01. The average Bonchev–Trinajstić information content (AvgIpc) is 3.31. The molecule has 0 saturated heterocycles. The number of pyridine rings is 1. The number of hydrogen-bond donors (Lipinski definition) is 1. The van der Waals surface area contributed by atoms with Crippen LogP contribution in [-0.2, 0) is 10.2 Å². The minimum Gasteiger partial charge on any atom is -0.349 e. The Bertz CT molecular complexity index is 591. The largest absolute Gasteiger partial charge is 0.349 e. The van der Waals surface area contributed by atoms with Crippen molar-refractivity contribution in [2.45, 2.75) is 31.2 Å². The molecule has 2 aromatic rings. The predicted octanol–water partition coefficient (Wildman–Crippen LogP) is 2.99. The SMILES string of the molecule is CC(NC(=O)C1(c2ccccc2)CC1)c1ccncc1. The molecule has 3 rings (SSSR count). The molecule has 1 saturated carbocycles. The average molecular weight is 266 g/mol. The number of carbonyl (C=O) groups excluding carboxylic acids is 1. The molecule has 1 heterocycles. The Kier molecular flexibility index (Phi) is 3.26. The summed E-state index contributed by atoms with van der Waals surface area (Å²) in [4.78, 5) is 16.6. The number of aromatic nitrogens is 1. The highest BCUT2D eigenvalue weighted by atomic mass is 16.2. The molecule has 1 N–H and O–H groups in total. The second kappa shape index (κ2) is 5.08. The lowest BCUT2D eigenvalue weighted by atomic mass is 9.94. The highest BCUT2D eigenvalue weighted by molar-refractivity contribution is 5.91. The van der Waals surface area contributed by atoms with E-state index in [1.54, 1.807) is 12.4 Å². The van der Waals surface area contributed by atoms with Gasteiger partial charge in [-0.05, 0) is 43.0 Å². The second-order valence-corrected chi connectivity index (χ2v) is 5.42. The maximum atomic E-state index is 12.6. The maximum Gasteiger partial charge on any atom is 0.231 e. The van der Waals surface area contributed by atoms with Gasteiger partial charge in [0.2, 0.25) is 5.91 Å². The molecule has 0 spiro atoms. The van der Waals surface area contributed by atoms with Gasteiger partial charge >= 0.3 is 0 Å². The first-order valence-electron chi connectivity index (χ1n) is 6.99. The van der Waals surface area contributed by atoms with Gasteiger partial charge in [0.25, 0.3) is 0 Å². The topological polar surface area (TPSA) is 42.0 Å². The van der Waals surface area contributed by atoms with Crippen LogP contribution < -0.4 is 5.32 Å². The Morgan fingerprint density at radius 2 is 1.80 bits per heavy atom. The smallest absolute Gasteiger partial charge is 0.231 e. The van der Waals surface area contributed by atoms with Gasteiger partial charge in [0, 0.05) is 12.4 Å². The van der Waals surface area contributed by atoms with Crippen LogP contribution in [0.4, 0.5) is 0 Å². The van der Waals surface area contributed by atoms with Crippen LogP contribution in [0.3, 0.4) is 0 Å². The molecule has 1 aromatic carbocycles. The number of nitrogens with one attached hydrogen (secondary N) is 1. The minimum atomic E-state index is -0.303. The summed E-state index contributed by atoms with van der Waals surface area (Å²) in [6.07, 6.45) is 5.38. The molecule has 1 amide bonds. The third kappa shape index (κ3) is 2.31. The quantitative estimate of drug-likeness (QED) is 0.924. The van der Waals surface area contributed by atoms with E-state index in [4.69, 9.17) is 0 Å². The molecular formula is C17H18N2O. The van der Waals surface area contributed by atoms with E-state index in [2.05, 4.69) is 10.3 Å². The summed E-state index contributed by atoms with van der Waals surface area (Å²) in [6, 6.07) is 13.9. The van der Waals surface area contributed by atoms with Gasteiger partial charge in [-0.2, -0.15) is 0 Å². The molecule has 1 aliphatic carbocycles. The van der Waals surface area contributed by atoms with Crippen molar-refractivity contribution >= 4 is 5.91 Å². The van der Waals surface area contributed by atoms with Crippen molar-refractivity contribution in [3.63, 3.8) is 0 Å². The van der Waals surface area contributed by atoms with Crippen LogP contribution in [0, 0.1) is 0 Å². The van der Waals surface area contributed by atoms with E-state index in [0.29, 0.717) is 0 Å². The molecular weight excluding hydrogens is 248 g/mol. The summed E-state index contributed by atoms with van der Waals surface area (Å²) in [5, 5.41) is 3.13. The number of rotatable bonds is 4. The van der Waals surface area contributed by atoms with Crippen molar-refractivity contribution in [3.05, 3.63) is 66.0 Å². The van der Waals surface area contributed by atoms with E-state index in [-0.39, 0.29) is 17.4 Å². The third-order valence-electron chi connectivity index (χ3n) is 4.06. The standard InChI is InChI=1S/C17H18N2O/c1-13(14-7-11-18-12-8-14)19-16(20)17(9-10-17)15-5-3-2-4-6-15/h2-8,11-13H,9-10H2,1H3,(H,19,20). The lowest BCUT2D eigenvalue weighted by Crippen LogP contribution is -2.36. The van der Waals surface area contributed by atoms with E-state index in [0.717, 1.165) is 24.0 Å². The number of amides is 1. The van der Waals surface area contributed by atoms with Crippen molar-refractivity contribution in [2.24, 2.45) is 0 Å². The molecule has 1 fully saturated rings. The molecule has 102 valence electrons. The Balaban J connectivity index is 1.74. The first-order valence-corrected chi connectivity index (χ1v) is 6.99. The van der Waals surface area contributed by atoms with Crippen molar-refractivity contribution in [3.8, 4) is 0 Å². The van der Waals surface area contributed by atoms with Gasteiger partial charge in [-0.25, -0.2) is 0 Å². The normalized spacial score (nSPS) is 17.2. The summed E-state index contributed by atoms with van der Waals surface area (Å²) >= 11 is 0. The van der Waals surface area contributed by atoms with E-state index in [1.165, 1.54) is 0 Å². The summed E-state index contributed by atoms with van der Waals surface area (Å²) < 4.78 is 0. The molecule has 3 nitrogen and oxygen atoms in total. The molecule has 20 heavy (non-hydrogen) atoms. The van der Waals surface area contributed by atoms with Gasteiger partial charge in [-0.1, -0.05) is 30.3 Å². The highest BCUT2D eigenvalue weighted by Gasteiger charge is 2.51. The molecule has 3 heteroatoms. The fourth-order valence-electron chi connectivity index (χ4n) is 2.60. The van der Waals surface area contributed by atoms with Crippen LogP contribution in [0.15, 0.2) is 54.9 Å². The maximum absolute atomic E-state index is 12.6. The molecule has 0 bridgehead atoms. The van der Waals surface area contributed by atoms with Crippen LogP contribution in [-0.4, -0.2) is 10.9 Å². The Hall–Kier alpha value is -2.16. The van der Waals surface area contributed by atoms with E-state index >= 15 is 0 Å². The number of nitrogens with zero attached hydrogens (tertiary/aromatic N) is 1. The zero-order valence-electron chi connectivity index (χ0n) is 11.5.